The van der Waals surface area contributed by atoms with Crippen molar-refractivity contribution in [2.75, 3.05) is 5.73 Å². The summed E-state index contributed by atoms with van der Waals surface area (Å²) in [5.41, 5.74) is 10.3. The highest BCUT2D eigenvalue weighted by Crippen LogP contribution is 2.58. The van der Waals surface area contributed by atoms with Gasteiger partial charge < -0.3 is 5.73 Å². The van der Waals surface area contributed by atoms with Gasteiger partial charge in [0.1, 0.15) is 0 Å². The molecule has 110 valence electrons. The first-order chi connectivity index (χ1) is 10.7. The molecule has 0 radical (unpaired) electrons. The van der Waals surface area contributed by atoms with Crippen LogP contribution in [0.15, 0.2) is 42.0 Å². The zero-order valence-electron chi connectivity index (χ0n) is 12.6. The summed E-state index contributed by atoms with van der Waals surface area (Å²) < 4.78 is 0. The second kappa shape index (κ2) is 4.01. The zero-order valence-corrected chi connectivity index (χ0v) is 12.6. The Labute approximate surface area is 130 Å². The van der Waals surface area contributed by atoms with Gasteiger partial charge in [0.25, 0.3) is 0 Å². The van der Waals surface area contributed by atoms with Gasteiger partial charge in [-0.1, -0.05) is 23.8 Å². The van der Waals surface area contributed by atoms with Crippen LogP contribution in [0.2, 0.25) is 0 Å². The first-order valence-electron chi connectivity index (χ1n) is 8.21. The first-order valence-corrected chi connectivity index (χ1v) is 8.21. The number of benzene rings is 2. The molecular formula is C20H19NO. The molecule has 1 saturated carbocycles. The highest BCUT2D eigenvalue weighted by Gasteiger charge is 2.53. The van der Waals surface area contributed by atoms with Crippen LogP contribution in [0.5, 0.6) is 0 Å². The molecule has 0 heterocycles. The standard InChI is InChI=1S/C20H19NO/c21-17-4-2-13-10-18-14(8-15(13)9-17)5-6-20(19(18)22)11-12-1-3-16(20)7-12/h1-2,4,8-10,16H,3,5-7,11,21H2. The Kier molecular flexibility index (Phi) is 2.27. The number of rotatable bonds is 0. The first kappa shape index (κ1) is 12.5. The van der Waals surface area contributed by atoms with E-state index in [-0.39, 0.29) is 5.41 Å². The molecule has 2 nitrogen and oxygen atoms in total. The SMILES string of the molecule is Nc1ccc2cc3c(cc2c1)CCC1(CC2=CCC1C2)C3=O. The number of hydrogen-bond acceptors (Lipinski definition) is 2. The number of ketones is 1. The quantitative estimate of drug-likeness (QED) is 0.581. The van der Waals surface area contributed by atoms with Crippen LogP contribution in [-0.2, 0) is 6.42 Å². The fourth-order valence-electron chi connectivity index (χ4n) is 4.99. The number of nitrogens with two attached hydrogens (primary N) is 1. The van der Waals surface area contributed by atoms with Gasteiger partial charge in [0.05, 0.1) is 0 Å². The number of Topliss-reactive ketones (excluding diaryl/α,β-unsaturated/α-hetero) is 1. The number of allylic oxidation sites excluding steroid dienone is 2. The maximum Gasteiger partial charge on any atom is 0.169 e. The molecule has 1 fully saturated rings. The Bertz CT molecular complexity index is 863. The van der Waals surface area contributed by atoms with Gasteiger partial charge in [0.15, 0.2) is 5.78 Å². The van der Waals surface area contributed by atoms with Gasteiger partial charge in [-0.25, -0.2) is 0 Å². The lowest BCUT2D eigenvalue weighted by atomic mass is 9.63. The predicted molar refractivity (Wildman–Crippen MR) is 88.9 cm³/mol. The highest BCUT2D eigenvalue weighted by atomic mass is 16.1. The molecule has 2 aromatic carbocycles. The third-order valence-corrected chi connectivity index (χ3v) is 6.15. The number of aryl methyl sites for hydroxylation is 1. The summed E-state index contributed by atoms with van der Waals surface area (Å²) >= 11 is 0. The van der Waals surface area contributed by atoms with Crippen molar-refractivity contribution in [1.29, 1.82) is 0 Å². The van der Waals surface area contributed by atoms with E-state index in [9.17, 15) is 4.79 Å². The Morgan fingerprint density at radius 1 is 1.14 bits per heavy atom. The van der Waals surface area contributed by atoms with E-state index in [1.54, 1.807) is 0 Å². The summed E-state index contributed by atoms with van der Waals surface area (Å²) in [6.07, 6.45) is 7.69. The Morgan fingerprint density at radius 3 is 2.82 bits per heavy atom. The molecule has 2 unspecified atom stereocenters. The molecule has 0 amide bonds. The van der Waals surface area contributed by atoms with Crippen LogP contribution in [0.3, 0.4) is 0 Å². The molecule has 2 atom stereocenters. The number of carbonyl (C=O) groups excluding carboxylic acids is 1. The van der Waals surface area contributed by atoms with E-state index in [2.05, 4.69) is 18.2 Å². The van der Waals surface area contributed by atoms with Gasteiger partial charge in [-0.3, -0.25) is 4.79 Å². The second-order valence-corrected chi connectivity index (χ2v) is 7.28. The lowest BCUT2D eigenvalue weighted by molar-refractivity contribution is 0.0671. The third-order valence-electron chi connectivity index (χ3n) is 6.15. The molecule has 1 spiro atoms. The number of hydrogen-bond donors (Lipinski definition) is 1. The lowest BCUT2D eigenvalue weighted by Gasteiger charge is -2.38. The molecule has 22 heavy (non-hydrogen) atoms. The average Bonchev–Trinajstić information content (AvgIpc) is 3.11. The van der Waals surface area contributed by atoms with E-state index in [1.165, 1.54) is 11.1 Å². The molecule has 2 N–H and O–H groups in total. The van der Waals surface area contributed by atoms with Crippen LogP contribution < -0.4 is 5.73 Å². The predicted octanol–water partition coefficient (Wildman–Crippen LogP) is 4.28. The van der Waals surface area contributed by atoms with Gasteiger partial charge >= 0.3 is 0 Å². The van der Waals surface area contributed by atoms with Crippen LogP contribution in [0.4, 0.5) is 5.69 Å². The van der Waals surface area contributed by atoms with Crippen LogP contribution in [0.25, 0.3) is 10.8 Å². The normalized spacial score (nSPS) is 29.2. The highest BCUT2D eigenvalue weighted by molar-refractivity contribution is 6.06. The maximum absolute atomic E-state index is 13.3. The second-order valence-electron chi connectivity index (χ2n) is 7.28. The summed E-state index contributed by atoms with van der Waals surface area (Å²) in [5.74, 6) is 0.964. The molecule has 0 aliphatic heterocycles. The Balaban J connectivity index is 1.67. The largest absolute Gasteiger partial charge is 0.399 e. The lowest BCUT2D eigenvalue weighted by Crippen LogP contribution is -2.39. The summed E-state index contributed by atoms with van der Waals surface area (Å²) in [7, 11) is 0. The Hall–Kier alpha value is -2.09. The smallest absolute Gasteiger partial charge is 0.169 e. The number of nitrogen functional groups attached to an aromatic ring is 1. The van der Waals surface area contributed by atoms with Crippen molar-refractivity contribution in [3.05, 3.63) is 53.1 Å². The van der Waals surface area contributed by atoms with E-state index in [4.69, 9.17) is 5.73 Å². The summed E-state index contributed by atoms with van der Waals surface area (Å²) in [4.78, 5) is 13.3. The van der Waals surface area contributed by atoms with Gasteiger partial charge in [0.2, 0.25) is 0 Å². The summed E-state index contributed by atoms with van der Waals surface area (Å²) in [6, 6.07) is 10.2. The van der Waals surface area contributed by atoms with Gasteiger partial charge in [-0.2, -0.15) is 0 Å². The zero-order chi connectivity index (χ0) is 14.9. The molecule has 2 heteroatoms. The third kappa shape index (κ3) is 1.48. The fraction of sp³-hybridized carbons (Fsp3) is 0.350. The molecule has 3 aliphatic carbocycles. The molecule has 2 bridgehead atoms. The van der Waals surface area contributed by atoms with Crippen molar-refractivity contribution in [2.24, 2.45) is 11.3 Å². The van der Waals surface area contributed by atoms with E-state index in [1.807, 2.05) is 18.2 Å². The maximum atomic E-state index is 13.3. The van der Waals surface area contributed by atoms with E-state index >= 15 is 0 Å². The summed E-state index contributed by atoms with van der Waals surface area (Å²) in [6.45, 7) is 0. The van der Waals surface area contributed by atoms with Crippen molar-refractivity contribution < 1.29 is 4.79 Å². The summed E-state index contributed by atoms with van der Waals surface area (Å²) in [5, 5.41) is 2.28. The number of carbonyl (C=O) groups is 1. The topological polar surface area (TPSA) is 43.1 Å². The van der Waals surface area contributed by atoms with Crippen LogP contribution in [0, 0.1) is 11.3 Å². The van der Waals surface area contributed by atoms with E-state index in [0.717, 1.165) is 54.1 Å². The molecule has 3 aliphatic rings. The van der Waals surface area contributed by atoms with Crippen molar-refractivity contribution in [1.82, 2.24) is 0 Å². The Morgan fingerprint density at radius 2 is 2.05 bits per heavy atom. The molecule has 0 aromatic heterocycles. The fourth-order valence-corrected chi connectivity index (χ4v) is 4.99. The van der Waals surface area contributed by atoms with E-state index < -0.39 is 0 Å². The van der Waals surface area contributed by atoms with Crippen molar-refractivity contribution in [3.8, 4) is 0 Å². The minimum atomic E-state index is -0.0848. The van der Waals surface area contributed by atoms with E-state index in [0.29, 0.717) is 11.7 Å². The van der Waals surface area contributed by atoms with Crippen LogP contribution >= 0.6 is 0 Å². The minimum absolute atomic E-state index is 0.0848. The van der Waals surface area contributed by atoms with Crippen molar-refractivity contribution in [2.45, 2.75) is 32.1 Å². The van der Waals surface area contributed by atoms with Gasteiger partial charge in [-0.05, 0) is 72.6 Å². The monoisotopic (exact) mass is 289 g/mol. The molecular weight excluding hydrogens is 270 g/mol. The van der Waals surface area contributed by atoms with Crippen molar-refractivity contribution in [3.63, 3.8) is 0 Å². The van der Waals surface area contributed by atoms with Crippen LogP contribution in [0.1, 0.15) is 41.6 Å². The average molecular weight is 289 g/mol. The van der Waals surface area contributed by atoms with Crippen LogP contribution in [-0.4, -0.2) is 5.78 Å². The molecule has 5 rings (SSSR count). The van der Waals surface area contributed by atoms with Gasteiger partial charge in [-0.15, -0.1) is 0 Å². The molecule has 0 saturated heterocycles. The number of anilines is 1. The molecule has 2 aromatic rings. The minimum Gasteiger partial charge on any atom is -0.399 e. The number of fused-ring (bicyclic) bond motifs is 5. The van der Waals surface area contributed by atoms with Crippen molar-refractivity contribution >= 4 is 22.2 Å². The van der Waals surface area contributed by atoms with Gasteiger partial charge in [0, 0.05) is 16.7 Å².